The van der Waals surface area contributed by atoms with Gasteiger partial charge in [0.05, 0.1) is 29.4 Å². The van der Waals surface area contributed by atoms with Gasteiger partial charge >= 0.3 is 6.03 Å². The third-order valence-electron chi connectivity index (χ3n) is 6.74. The first-order chi connectivity index (χ1) is 17.9. The molecule has 184 valence electrons. The number of aromatic amines is 1. The van der Waals surface area contributed by atoms with E-state index in [1.54, 1.807) is 17.0 Å². The quantitative estimate of drug-likeness (QED) is 0.315. The van der Waals surface area contributed by atoms with E-state index in [-0.39, 0.29) is 18.6 Å². The Morgan fingerprint density at radius 3 is 2.62 bits per heavy atom. The Balaban J connectivity index is 1.47. The van der Waals surface area contributed by atoms with Crippen molar-refractivity contribution in [2.45, 2.75) is 26.4 Å². The van der Waals surface area contributed by atoms with Gasteiger partial charge in [-0.3, -0.25) is 4.79 Å². The van der Waals surface area contributed by atoms with Gasteiger partial charge in [0.15, 0.2) is 0 Å². The minimum absolute atomic E-state index is 0.188. The Labute approximate surface area is 212 Å². The number of amides is 3. The molecule has 3 amide bonds. The van der Waals surface area contributed by atoms with Crippen LogP contribution in [0.15, 0.2) is 71.3 Å². The smallest absolute Gasteiger partial charge is 0.323 e. The number of fused-ring (bicyclic) bond motifs is 2. The standard InChI is InChI=1S/C28H24N6O3/c1-15-24(16(2)37-33-15)18-11-12-21-20(13-18)26(17-7-4-3-5-8-17)34(28(36)31-21)14-23-30-22-10-6-9-19(27(29)35)25(22)32-23/h3-13,26H,14H2,1-2H3,(H2,29,35)(H,30,32)(H,31,36). The number of nitrogens with zero attached hydrogens (tertiary/aromatic N) is 3. The predicted octanol–water partition coefficient (Wildman–Crippen LogP) is 5.07. The molecule has 1 aliphatic rings. The monoisotopic (exact) mass is 492 g/mol. The average Bonchev–Trinajstić information content (AvgIpc) is 3.46. The van der Waals surface area contributed by atoms with Crippen molar-refractivity contribution in [1.82, 2.24) is 20.0 Å². The second-order valence-electron chi connectivity index (χ2n) is 9.12. The molecule has 0 radical (unpaired) electrons. The van der Waals surface area contributed by atoms with Gasteiger partial charge in [-0.05, 0) is 49.2 Å². The molecule has 0 saturated heterocycles. The van der Waals surface area contributed by atoms with Crippen molar-refractivity contribution in [2.75, 3.05) is 5.32 Å². The molecule has 3 aromatic carbocycles. The van der Waals surface area contributed by atoms with Crippen molar-refractivity contribution >= 4 is 28.7 Å². The number of benzene rings is 3. The number of urea groups is 1. The number of imidazole rings is 1. The van der Waals surface area contributed by atoms with Gasteiger partial charge in [0, 0.05) is 16.8 Å². The lowest BCUT2D eigenvalue weighted by Gasteiger charge is -2.37. The number of carbonyl (C=O) groups is 2. The van der Waals surface area contributed by atoms with Crippen molar-refractivity contribution in [3.63, 3.8) is 0 Å². The lowest BCUT2D eigenvalue weighted by molar-refractivity contribution is 0.100. The van der Waals surface area contributed by atoms with Crippen LogP contribution in [0.5, 0.6) is 0 Å². The van der Waals surface area contributed by atoms with Crippen LogP contribution in [0.25, 0.3) is 22.2 Å². The van der Waals surface area contributed by atoms with Gasteiger partial charge in [-0.1, -0.05) is 47.6 Å². The third-order valence-corrected chi connectivity index (χ3v) is 6.74. The first-order valence-electron chi connectivity index (χ1n) is 11.9. The van der Waals surface area contributed by atoms with Crippen LogP contribution in [0.1, 0.15) is 44.8 Å². The Morgan fingerprint density at radius 1 is 1.08 bits per heavy atom. The zero-order valence-electron chi connectivity index (χ0n) is 20.3. The number of para-hydroxylation sites is 1. The number of carbonyl (C=O) groups excluding carboxylic acids is 2. The van der Waals surface area contributed by atoms with Crippen molar-refractivity contribution in [3.05, 3.63) is 101 Å². The van der Waals surface area contributed by atoms with Gasteiger partial charge < -0.3 is 25.5 Å². The van der Waals surface area contributed by atoms with E-state index >= 15 is 0 Å². The average molecular weight is 493 g/mol. The van der Waals surface area contributed by atoms with E-state index in [1.807, 2.05) is 62.4 Å². The van der Waals surface area contributed by atoms with Crippen LogP contribution in [0.4, 0.5) is 10.5 Å². The molecule has 3 heterocycles. The van der Waals surface area contributed by atoms with Crippen molar-refractivity contribution in [3.8, 4) is 11.1 Å². The van der Waals surface area contributed by atoms with Crippen molar-refractivity contribution in [2.24, 2.45) is 5.73 Å². The minimum Gasteiger partial charge on any atom is -0.366 e. The van der Waals surface area contributed by atoms with Crippen molar-refractivity contribution < 1.29 is 14.1 Å². The number of anilines is 1. The maximum Gasteiger partial charge on any atom is 0.323 e. The first-order valence-corrected chi connectivity index (χ1v) is 11.9. The van der Waals surface area contributed by atoms with Crippen LogP contribution in [0.2, 0.25) is 0 Å². The predicted molar refractivity (Wildman–Crippen MR) is 139 cm³/mol. The Bertz CT molecular complexity index is 1650. The minimum atomic E-state index is -0.553. The number of nitrogens with one attached hydrogen (secondary N) is 2. The summed E-state index contributed by atoms with van der Waals surface area (Å²) in [6.07, 6.45) is 0. The fourth-order valence-electron chi connectivity index (χ4n) is 5.10. The summed E-state index contributed by atoms with van der Waals surface area (Å²) < 4.78 is 5.40. The molecule has 1 unspecified atom stereocenters. The zero-order chi connectivity index (χ0) is 25.7. The lowest BCUT2D eigenvalue weighted by atomic mass is 9.90. The summed E-state index contributed by atoms with van der Waals surface area (Å²) in [5.41, 5.74) is 12.4. The normalized spacial score (nSPS) is 15.0. The van der Waals surface area contributed by atoms with Crippen LogP contribution in [-0.2, 0) is 6.54 Å². The molecule has 0 fully saturated rings. The molecule has 9 heteroatoms. The van der Waals surface area contributed by atoms with E-state index in [4.69, 9.17) is 10.3 Å². The maximum absolute atomic E-state index is 13.4. The molecule has 5 aromatic rings. The van der Waals surface area contributed by atoms with Crippen LogP contribution < -0.4 is 11.1 Å². The van der Waals surface area contributed by atoms with Crippen molar-refractivity contribution in [1.29, 1.82) is 0 Å². The highest BCUT2D eigenvalue weighted by Gasteiger charge is 2.35. The largest absolute Gasteiger partial charge is 0.366 e. The Morgan fingerprint density at radius 2 is 1.89 bits per heavy atom. The molecule has 0 saturated carbocycles. The first kappa shape index (κ1) is 22.5. The second-order valence-corrected chi connectivity index (χ2v) is 9.12. The molecule has 2 aromatic heterocycles. The topological polar surface area (TPSA) is 130 Å². The summed E-state index contributed by atoms with van der Waals surface area (Å²) in [6.45, 7) is 3.99. The van der Waals surface area contributed by atoms with Gasteiger partial charge in [-0.15, -0.1) is 0 Å². The van der Waals surface area contributed by atoms with E-state index in [1.165, 1.54) is 0 Å². The molecule has 9 nitrogen and oxygen atoms in total. The highest BCUT2D eigenvalue weighted by atomic mass is 16.5. The summed E-state index contributed by atoms with van der Waals surface area (Å²) in [4.78, 5) is 34.9. The van der Waals surface area contributed by atoms with Crippen LogP contribution >= 0.6 is 0 Å². The number of aryl methyl sites for hydroxylation is 2. The van der Waals surface area contributed by atoms with Gasteiger partial charge in [0.25, 0.3) is 5.91 Å². The molecule has 1 aliphatic heterocycles. The number of rotatable bonds is 5. The number of hydrogen-bond donors (Lipinski definition) is 3. The van der Waals surface area contributed by atoms with E-state index in [0.717, 1.165) is 39.4 Å². The zero-order valence-corrected chi connectivity index (χ0v) is 20.3. The molecule has 0 aliphatic carbocycles. The fraction of sp³-hybridized carbons (Fsp3) is 0.143. The number of H-pyrrole nitrogens is 1. The van der Waals surface area contributed by atoms with E-state index < -0.39 is 5.91 Å². The van der Waals surface area contributed by atoms with E-state index in [2.05, 4.69) is 26.5 Å². The summed E-state index contributed by atoms with van der Waals surface area (Å²) in [7, 11) is 0. The molecule has 4 N–H and O–H groups in total. The lowest BCUT2D eigenvalue weighted by Crippen LogP contribution is -2.42. The summed E-state index contributed by atoms with van der Waals surface area (Å²) in [5, 5.41) is 7.13. The highest BCUT2D eigenvalue weighted by molar-refractivity contribution is 6.04. The van der Waals surface area contributed by atoms with E-state index in [0.29, 0.717) is 22.4 Å². The Kier molecular flexibility index (Phi) is 5.26. The number of primary amides is 1. The fourth-order valence-corrected chi connectivity index (χ4v) is 5.10. The number of nitrogens with two attached hydrogens (primary N) is 1. The highest BCUT2D eigenvalue weighted by Crippen LogP contribution is 2.41. The van der Waals surface area contributed by atoms with Gasteiger partial charge in [0.2, 0.25) is 0 Å². The molecule has 0 bridgehead atoms. The SMILES string of the molecule is Cc1noc(C)c1-c1ccc2c(c1)C(c1ccccc1)N(Cc1nc3c(C(N)=O)cccc3[nH]1)C(=O)N2. The van der Waals surface area contributed by atoms with Gasteiger partial charge in [0.1, 0.15) is 17.1 Å². The van der Waals surface area contributed by atoms with Crippen LogP contribution in [-0.4, -0.2) is 32.0 Å². The molecular weight excluding hydrogens is 468 g/mol. The Hall–Kier alpha value is -4.92. The second kappa shape index (κ2) is 8.63. The molecule has 37 heavy (non-hydrogen) atoms. The number of hydrogen-bond acceptors (Lipinski definition) is 5. The molecule has 6 rings (SSSR count). The summed E-state index contributed by atoms with van der Waals surface area (Å²) in [5.74, 6) is 0.727. The maximum atomic E-state index is 13.4. The summed E-state index contributed by atoms with van der Waals surface area (Å²) >= 11 is 0. The van der Waals surface area contributed by atoms with Gasteiger partial charge in [-0.25, -0.2) is 9.78 Å². The molecule has 0 spiro atoms. The third kappa shape index (κ3) is 3.81. The number of aromatic nitrogens is 3. The molecule has 1 atom stereocenters. The van der Waals surface area contributed by atoms with Gasteiger partial charge in [-0.2, -0.15) is 0 Å². The van der Waals surface area contributed by atoms with E-state index in [9.17, 15) is 9.59 Å². The van der Waals surface area contributed by atoms with Crippen LogP contribution in [0.3, 0.4) is 0 Å². The molecular formula is C28H24N6O3. The van der Waals surface area contributed by atoms with Crippen LogP contribution in [0, 0.1) is 13.8 Å². The summed E-state index contributed by atoms with van der Waals surface area (Å²) in [6, 6.07) is 20.4.